The monoisotopic (exact) mass is 492 g/mol. The van der Waals surface area contributed by atoms with Gasteiger partial charge in [-0.25, -0.2) is 4.39 Å². The molecule has 2 aliphatic heterocycles. The van der Waals surface area contributed by atoms with Crippen molar-refractivity contribution in [3.05, 3.63) is 87.0 Å². The number of carbonyl (C=O) groups is 2. The van der Waals surface area contributed by atoms with Gasteiger partial charge in [0.15, 0.2) is 5.22 Å². The zero-order valence-corrected chi connectivity index (χ0v) is 18.9. The second kappa shape index (κ2) is 7.51. The minimum absolute atomic E-state index is 0.0956. The smallest absolute Gasteiger partial charge is 0.239 e. The third-order valence-electron chi connectivity index (χ3n) is 6.28. The number of aryl methyl sites for hydroxylation is 1. The largest absolute Gasteiger partial charge is 0.449 e. The number of benzene rings is 2. The SMILES string of the molecule is Cc1ccc(F)cc1C1NC(=O)C(Cl)C(c2ccc(Cl)o2)C12C(=O)Nc1cc(Cl)ccc12. The van der Waals surface area contributed by atoms with Crippen molar-refractivity contribution in [3.63, 3.8) is 0 Å². The number of rotatable bonds is 2. The molecule has 0 aliphatic carbocycles. The van der Waals surface area contributed by atoms with Gasteiger partial charge < -0.3 is 15.1 Å². The van der Waals surface area contributed by atoms with E-state index in [1.54, 1.807) is 37.3 Å². The second-order valence-corrected chi connectivity index (χ2v) is 9.26. The minimum atomic E-state index is -1.44. The fraction of sp³-hybridized carbons (Fsp3) is 0.217. The number of furan rings is 1. The Balaban J connectivity index is 1.86. The van der Waals surface area contributed by atoms with Gasteiger partial charge in [0.2, 0.25) is 11.8 Å². The van der Waals surface area contributed by atoms with E-state index >= 15 is 0 Å². The fourth-order valence-corrected chi connectivity index (χ4v) is 5.64. The van der Waals surface area contributed by atoms with E-state index in [0.717, 1.165) is 0 Å². The Hall–Kier alpha value is -2.54. The summed E-state index contributed by atoms with van der Waals surface area (Å²) in [5.41, 5.74) is 0.783. The summed E-state index contributed by atoms with van der Waals surface area (Å²) >= 11 is 18.8. The Morgan fingerprint density at radius 1 is 1.06 bits per heavy atom. The molecule has 0 radical (unpaired) electrons. The van der Waals surface area contributed by atoms with E-state index in [4.69, 9.17) is 39.2 Å². The minimum Gasteiger partial charge on any atom is -0.449 e. The van der Waals surface area contributed by atoms with E-state index in [2.05, 4.69) is 10.6 Å². The number of piperidine rings is 1. The molecule has 32 heavy (non-hydrogen) atoms. The lowest BCUT2D eigenvalue weighted by Gasteiger charge is -2.47. The molecule has 4 atom stereocenters. The molecular weight excluding hydrogens is 478 g/mol. The maximum Gasteiger partial charge on any atom is 0.239 e. The van der Waals surface area contributed by atoms with Crippen LogP contribution in [0.1, 0.15) is 34.4 Å². The van der Waals surface area contributed by atoms with E-state index < -0.39 is 40.4 Å². The first-order chi connectivity index (χ1) is 15.2. The number of hydrogen-bond donors (Lipinski definition) is 2. The zero-order valence-electron chi connectivity index (χ0n) is 16.6. The quantitative estimate of drug-likeness (QED) is 0.464. The number of nitrogens with one attached hydrogen (secondary N) is 2. The van der Waals surface area contributed by atoms with Gasteiger partial charge >= 0.3 is 0 Å². The lowest BCUT2D eigenvalue weighted by atomic mass is 9.60. The molecule has 1 saturated heterocycles. The van der Waals surface area contributed by atoms with E-state index in [9.17, 15) is 14.0 Å². The van der Waals surface area contributed by atoms with Gasteiger partial charge in [-0.1, -0.05) is 23.7 Å². The van der Waals surface area contributed by atoms with Gasteiger partial charge in [-0.05, 0) is 71.6 Å². The third-order valence-corrected chi connectivity index (χ3v) is 7.17. The molecule has 4 unspecified atom stereocenters. The average molecular weight is 494 g/mol. The fourth-order valence-electron chi connectivity index (χ4n) is 4.93. The number of anilines is 1. The summed E-state index contributed by atoms with van der Waals surface area (Å²) in [6, 6.07) is 11.4. The van der Waals surface area contributed by atoms with Crippen molar-refractivity contribution in [3.8, 4) is 0 Å². The van der Waals surface area contributed by atoms with Gasteiger partial charge in [0.05, 0.1) is 12.0 Å². The Morgan fingerprint density at radius 3 is 2.56 bits per heavy atom. The second-order valence-electron chi connectivity index (χ2n) is 7.98. The Labute approximate surface area is 197 Å². The zero-order chi connectivity index (χ0) is 22.8. The van der Waals surface area contributed by atoms with Crippen LogP contribution in [-0.2, 0) is 15.0 Å². The molecule has 2 N–H and O–H groups in total. The molecule has 2 aromatic carbocycles. The first-order valence-corrected chi connectivity index (χ1v) is 11.0. The van der Waals surface area contributed by atoms with Crippen molar-refractivity contribution in [2.24, 2.45) is 0 Å². The van der Waals surface area contributed by atoms with Crippen molar-refractivity contribution in [1.82, 2.24) is 5.32 Å². The molecule has 0 bridgehead atoms. The van der Waals surface area contributed by atoms with Crippen LogP contribution in [0.3, 0.4) is 0 Å². The van der Waals surface area contributed by atoms with Crippen LogP contribution >= 0.6 is 34.8 Å². The van der Waals surface area contributed by atoms with Crippen LogP contribution in [0.2, 0.25) is 10.2 Å². The van der Waals surface area contributed by atoms with Gasteiger partial charge in [0, 0.05) is 10.7 Å². The first kappa shape index (κ1) is 21.3. The maximum absolute atomic E-state index is 14.3. The summed E-state index contributed by atoms with van der Waals surface area (Å²) in [7, 11) is 0. The summed E-state index contributed by atoms with van der Waals surface area (Å²) in [6.07, 6.45) is 0. The van der Waals surface area contributed by atoms with Crippen LogP contribution in [0.25, 0.3) is 0 Å². The summed E-state index contributed by atoms with van der Waals surface area (Å²) < 4.78 is 20.0. The van der Waals surface area contributed by atoms with Crippen molar-refractivity contribution >= 4 is 52.3 Å². The van der Waals surface area contributed by atoms with Crippen LogP contribution in [-0.4, -0.2) is 17.2 Å². The van der Waals surface area contributed by atoms with Crippen molar-refractivity contribution in [1.29, 1.82) is 0 Å². The predicted octanol–water partition coefficient (Wildman–Crippen LogP) is 5.49. The lowest BCUT2D eigenvalue weighted by molar-refractivity contribution is -0.131. The number of alkyl halides is 1. The molecule has 1 spiro atoms. The highest BCUT2D eigenvalue weighted by atomic mass is 35.5. The van der Waals surface area contributed by atoms with Crippen LogP contribution in [0.4, 0.5) is 10.1 Å². The lowest BCUT2D eigenvalue weighted by Crippen LogP contribution is -2.61. The van der Waals surface area contributed by atoms with Crippen molar-refractivity contribution in [2.75, 3.05) is 5.32 Å². The highest BCUT2D eigenvalue weighted by molar-refractivity contribution is 6.33. The number of fused-ring (bicyclic) bond motifs is 2. The van der Waals surface area contributed by atoms with E-state index in [0.29, 0.717) is 27.4 Å². The highest BCUT2D eigenvalue weighted by Crippen LogP contribution is 2.59. The Bertz CT molecular complexity index is 1280. The van der Waals surface area contributed by atoms with Gasteiger partial charge in [0.25, 0.3) is 0 Å². The van der Waals surface area contributed by atoms with Gasteiger partial charge in [-0.2, -0.15) is 0 Å². The molecule has 9 heteroatoms. The molecule has 164 valence electrons. The third kappa shape index (κ3) is 2.97. The molecule has 2 amide bonds. The normalized spacial score (nSPS) is 26.7. The molecule has 2 aliphatic rings. The highest BCUT2D eigenvalue weighted by Gasteiger charge is 2.65. The van der Waals surface area contributed by atoms with Gasteiger partial charge in [-0.15, -0.1) is 11.6 Å². The van der Waals surface area contributed by atoms with Crippen LogP contribution in [0.15, 0.2) is 52.9 Å². The van der Waals surface area contributed by atoms with E-state index in [1.807, 2.05) is 0 Å². The topological polar surface area (TPSA) is 71.3 Å². The van der Waals surface area contributed by atoms with E-state index in [1.165, 1.54) is 18.2 Å². The van der Waals surface area contributed by atoms with Crippen LogP contribution in [0, 0.1) is 12.7 Å². The van der Waals surface area contributed by atoms with Crippen molar-refractivity contribution in [2.45, 2.75) is 29.7 Å². The molecule has 3 aromatic rings. The molecule has 1 fully saturated rings. The Kier molecular flexibility index (Phi) is 5.00. The summed E-state index contributed by atoms with van der Waals surface area (Å²) in [6.45, 7) is 1.79. The van der Waals surface area contributed by atoms with Crippen LogP contribution in [0.5, 0.6) is 0 Å². The number of amides is 2. The summed E-state index contributed by atoms with van der Waals surface area (Å²) in [5.74, 6) is -2.05. The predicted molar refractivity (Wildman–Crippen MR) is 120 cm³/mol. The first-order valence-electron chi connectivity index (χ1n) is 9.80. The summed E-state index contributed by atoms with van der Waals surface area (Å²) in [5, 5.41) is 5.11. The molecule has 1 aromatic heterocycles. The van der Waals surface area contributed by atoms with Crippen molar-refractivity contribution < 1.29 is 18.4 Å². The standard InChI is InChI=1S/C23H16Cl3FN2O3/c1-10-2-4-12(27)9-13(10)20-23(14-5-3-11(24)8-15(14)28-22(23)31)18(19(26)21(30)29-20)16-6-7-17(25)32-16/h2-9,18-20H,1H3,(H,28,31)(H,29,30). The van der Waals surface area contributed by atoms with E-state index in [-0.39, 0.29) is 11.0 Å². The maximum atomic E-state index is 14.3. The molecule has 0 saturated carbocycles. The molecular formula is C23H16Cl3FN2O3. The Morgan fingerprint density at radius 2 is 1.84 bits per heavy atom. The number of carbonyl (C=O) groups excluding carboxylic acids is 2. The van der Waals surface area contributed by atoms with Gasteiger partial charge in [0.1, 0.15) is 22.4 Å². The number of hydrogen-bond acceptors (Lipinski definition) is 3. The molecule has 5 nitrogen and oxygen atoms in total. The number of halogens is 4. The molecule has 5 rings (SSSR count). The molecule has 3 heterocycles. The average Bonchev–Trinajstić information content (AvgIpc) is 3.28. The van der Waals surface area contributed by atoms with Crippen LogP contribution < -0.4 is 10.6 Å². The summed E-state index contributed by atoms with van der Waals surface area (Å²) in [4.78, 5) is 26.8. The van der Waals surface area contributed by atoms with Gasteiger partial charge in [-0.3, -0.25) is 9.59 Å².